The van der Waals surface area contributed by atoms with Gasteiger partial charge in [-0.1, -0.05) is 6.07 Å². The molecular weight excluding hydrogens is 257 g/mol. The molecule has 7 heteroatoms. The lowest BCUT2D eigenvalue weighted by Gasteiger charge is -2.12. The minimum Gasteiger partial charge on any atom is -0.309 e. The Labute approximate surface area is 105 Å². The summed E-state index contributed by atoms with van der Waals surface area (Å²) in [5, 5.41) is 8.68. The summed E-state index contributed by atoms with van der Waals surface area (Å²) < 4.78 is 39.4. The molecule has 1 N–H and O–H groups in total. The van der Waals surface area contributed by atoms with E-state index in [0.29, 0.717) is 19.5 Å². The molecule has 0 aliphatic carbocycles. The largest absolute Gasteiger partial charge is 0.309 e. The zero-order chi connectivity index (χ0) is 13.2. The highest BCUT2D eigenvalue weighted by molar-refractivity contribution is 7.89. The van der Waals surface area contributed by atoms with Crippen LogP contribution in [0.2, 0.25) is 0 Å². The highest BCUT2D eigenvalue weighted by Crippen LogP contribution is 2.14. The molecule has 0 spiro atoms. The van der Waals surface area contributed by atoms with Gasteiger partial charge in [0.15, 0.2) is 6.19 Å². The first-order valence-corrected chi connectivity index (χ1v) is 6.92. The highest BCUT2D eigenvalue weighted by atomic mass is 32.2. The standard InChI is InChI=1S/C11H12FN3O2S/c12-9-2-1-3-11(6-9)18(16,17)14-10-4-5-15(7-10)8-13/h1-3,6,10,14H,4-5,7H2/t10-/m1/s1. The molecular formula is C11H12FN3O2S. The summed E-state index contributed by atoms with van der Waals surface area (Å²) in [6.07, 6.45) is 2.54. The van der Waals surface area contributed by atoms with E-state index in [4.69, 9.17) is 5.26 Å². The van der Waals surface area contributed by atoms with Gasteiger partial charge >= 0.3 is 0 Å². The average Bonchev–Trinajstić information content (AvgIpc) is 2.76. The van der Waals surface area contributed by atoms with Gasteiger partial charge < -0.3 is 4.90 Å². The van der Waals surface area contributed by atoms with Crippen LogP contribution in [0.3, 0.4) is 0 Å². The smallest absolute Gasteiger partial charge is 0.240 e. The molecule has 0 aromatic heterocycles. The predicted octanol–water partition coefficient (Wildman–Crippen LogP) is 0.659. The van der Waals surface area contributed by atoms with Crippen molar-refractivity contribution >= 4 is 10.0 Å². The maximum Gasteiger partial charge on any atom is 0.240 e. The van der Waals surface area contributed by atoms with Gasteiger partial charge in [-0.05, 0) is 24.6 Å². The van der Waals surface area contributed by atoms with Crippen LogP contribution in [-0.4, -0.2) is 32.4 Å². The molecule has 96 valence electrons. The average molecular weight is 269 g/mol. The van der Waals surface area contributed by atoms with Gasteiger partial charge in [-0.15, -0.1) is 0 Å². The molecule has 1 aromatic carbocycles. The number of rotatable bonds is 3. The van der Waals surface area contributed by atoms with E-state index >= 15 is 0 Å². The van der Waals surface area contributed by atoms with Crippen molar-refractivity contribution in [3.63, 3.8) is 0 Å². The van der Waals surface area contributed by atoms with E-state index in [1.165, 1.54) is 23.1 Å². The Morgan fingerprint density at radius 3 is 2.89 bits per heavy atom. The van der Waals surface area contributed by atoms with E-state index in [1.807, 2.05) is 6.19 Å². The molecule has 18 heavy (non-hydrogen) atoms. The van der Waals surface area contributed by atoms with Crippen molar-refractivity contribution in [2.75, 3.05) is 13.1 Å². The van der Waals surface area contributed by atoms with Crippen LogP contribution >= 0.6 is 0 Å². The molecule has 1 aliphatic rings. The molecule has 1 saturated heterocycles. The molecule has 0 bridgehead atoms. The van der Waals surface area contributed by atoms with E-state index < -0.39 is 15.8 Å². The predicted molar refractivity (Wildman–Crippen MR) is 62.3 cm³/mol. The lowest BCUT2D eigenvalue weighted by Crippen LogP contribution is -2.36. The summed E-state index contributed by atoms with van der Waals surface area (Å²) in [5.74, 6) is -0.594. The number of halogens is 1. The van der Waals surface area contributed by atoms with Crippen LogP contribution in [0, 0.1) is 17.3 Å². The van der Waals surface area contributed by atoms with Gasteiger partial charge in [-0.25, -0.2) is 17.5 Å². The van der Waals surface area contributed by atoms with Crippen LogP contribution in [0.1, 0.15) is 6.42 Å². The molecule has 0 radical (unpaired) electrons. The Balaban J connectivity index is 2.12. The number of nitrogens with zero attached hydrogens (tertiary/aromatic N) is 2. The summed E-state index contributed by atoms with van der Waals surface area (Å²) in [6, 6.07) is 4.53. The van der Waals surface area contributed by atoms with E-state index in [0.717, 1.165) is 6.07 Å². The zero-order valence-electron chi connectivity index (χ0n) is 9.51. The topological polar surface area (TPSA) is 73.2 Å². The van der Waals surface area contributed by atoms with Crippen LogP contribution < -0.4 is 4.72 Å². The van der Waals surface area contributed by atoms with Crippen molar-refractivity contribution in [1.82, 2.24) is 9.62 Å². The fourth-order valence-corrected chi connectivity index (χ4v) is 3.16. The van der Waals surface area contributed by atoms with Crippen molar-refractivity contribution in [2.24, 2.45) is 0 Å². The Morgan fingerprint density at radius 1 is 1.50 bits per heavy atom. The van der Waals surface area contributed by atoms with Crippen molar-refractivity contribution in [3.05, 3.63) is 30.1 Å². The second-order valence-corrected chi connectivity index (χ2v) is 5.82. The second kappa shape index (κ2) is 4.92. The van der Waals surface area contributed by atoms with Gasteiger partial charge in [0.05, 0.1) is 4.90 Å². The molecule has 1 atom stereocenters. The number of nitriles is 1. The van der Waals surface area contributed by atoms with Crippen molar-refractivity contribution in [1.29, 1.82) is 5.26 Å². The van der Waals surface area contributed by atoms with Gasteiger partial charge in [0, 0.05) is 19.1 Å². The maximum atomic E-state index is 13.0. The molecule has 5 nitrogen and oxygen atoms in total. The maximum absolute atomic E-state index is 13.0. The van der Waals surface area contributed by atoms with E-state index in [2.05, 4.69) is 4.72 Å². The molecule has 1 aliphatic heterocycles. The van der Waals surface area contributed by atoms with Crippen LogP contribution in [0.4, 0.5) is 4.39 Å². The van der Waals surface area contributed by atoms with E-state index in [9.17, 15) is 12.8 Å². The SMILES string of the molecule is N#CN1CC[C@@H](NS(=O)(=O)c2cccc(F)c2)C1. The fourth-order valence-electron chi connectivity index (χ4n) is 1.87. The van der Waals surface area contributed by atoms with Crippen LogP contribution in [-0.2, 0) is 10.0 Å². The summed E-state index contributed by atoms with van der Waals surface area (Å²) in [5.41, 5.74) is 0. The third-order valence-corrected chi connectivity index (χ3v) is 4.28. The summed E-state index contributed by atoms with van der Waals surface area (Å²) in [7, 11) is -3.72. The second-order valence-electron chi connectivity index (χ2n) is 4.11. The molecule has 0 unspecified atom stereocenters. The van der Waals surface area contributed by atoms with Crippen molar-refractivity contribution in [3.8, 4) is 6.19 Å². The first kappa shape index (κ1) is 12.8. The molecule has 0 saturated carbocycles. The van der Waals surface area contributed by atoms with E-state index in [-0.39, 0.29) is 10.9 Å². The first-order valence-electron chi connectivity index (χ1n) is 5.44. The third-order valence-electron chi connectivity index (χ3n) is 2.76. The minimum absolute atomic E-state index is 0.0992. The van der Waals surface area contributed by atoms with Crippen LogP contribution in [0.15, 0.2) is 29.2 Å². The molecule has 2 rings (SSSR count). The van der Waals surface area contributed by atoms with Gasteiger partial charge in [-0.3, -0.25) is 0 Å². The van der Waals surface area contributed by atoms with E-state index in [1.54, 1.807) is 0 Å². The molecule has 1 aromatic rings. The number of nitrogens with one attached hydrogen (secondary N) is 1. The third kappa shape index (κ3) is 2.78. The van der Waals surface area contributed by atoms with Gasteiger partial charge in [0.2, 0.25) is 10.0 Å². The monoisotopic (exact) mass is 269 g/mol. The molecule has 1 heterocycles. The van der Waals surface area contributed by atoms with Gasteiger partial charge in [0.25, 0.3) is 0 Å². The Bertz CT molecular complexity index is 582. The zero-order valence-corrected chi connectivity index (χ0v) is 10.3. The Morgan fingerprint density at radius 2 is 2.28 bits per heavy atom. The van der Waals surface area contributed by atoms with Gasteiger partial charge in [0.1, 0.15) is 5.82 Å². The Hall–Kier alpha value is -1.65. The summed E-state index contributed by atoms with van der Waals surface area (Å²) in [4.78, 5) is 1.39. The van der Waals surface area contributed by atoms with Crippen molar-refractivity contribution < 1.29 is 12.8 Å². The Kier molecular flexibility index (Phi) is 3.50. The van der Waals surface area contributed by atoms with Crippen molar-refractivity contribution in [2.45, 2.75) is 17.4 Å². The number of likely N-dealkylation sites (tertiary alicyclic amines) is 1. The lowest BCUT2D eigenvalue weighted by molar-refractivity contribution is 0.470. The highest BCUT2D eigenvalue weighted by Gasteiger charge is 2.26. The number of sulfonamides is 1. The number of hydrogen-bond donors (Lipinski definition) is 1. The number of benzene rings is 1. The minimum atomic E-state index is -3.72. The summed E-state index contributed by atoms with van der Waals surface area (Å²) >= 11 is 0. The number of hydrogen-bond acceptors (Lipinski definition) is 4. The lowest BCUT2D eigenvalue weighted by atomic mass is 10.3. The van der Waals surface area contributed by atoms with Crippen LogP contribution in [0.25, 0.3) is 0 Å². The normalized spacial score (nSPS) is 19.8. The van der Waals surface area contributed by atoms with Gasteiger partial charge in [-0.2, -0.15) is 5.26 Å². The summed E-state index contributed by atoms with van der Waals surface area (Å²) in [6.45, 7) is 0.887. The quantitative estimate of drug-likeness (QED) is 0.818. The van der Waals surface area contributed by atoms with Crippen LogP contribution in [0.5, 0.6) is 0 Å². The molecule has 1 fully saturated rings. The fraction of sp³-hybridized carbons (Fsp3) is 0.364. The first-order chi connectivity index (χ1) is 8.51. The molecule has 0 amide bonds.